The monoisotopic (exact) mass is 1270 g/mol. The number of hydrogen-bond donors (Lipinski definition) is 18. The van der Waals surface area contributed by atoms with Gasteiger partial charge in [-0.05, 0) is 87.3 Å². The molecule has 12 atom stereocenters. The van der Waals surface area contributed by atoms with Crippen LogP contribution in [0, 0.1) is 23.7 Å². The normalized spacial score (nSPS) is 15.3. The largest absolute Gasteiger partial charge is 0.481 e. The van der Waals surface area contributed by atoms with E-state index in [2.05, 4.69) is 58.2 Å². The molecule has 0 fully saturated rings. The summed E-state index contributed by atoms with van der Waals surface area (Å²) >= 11 is 0. The van der Waals surface area contributed by atoms with Crippen LogP contribution in [0.2, 0.25) is 0 Å². The van der Waals surface area contributed by atoms with E-state index in [9.17, 15) is 82.4 Å². The number of carbonyl (C=O) groups excluding carboxylic acids is 12. The van der Waals surface area contributed by atoms with Crippen LogP contribution in [0.25, 0.3) is 10.9 Å². The van der Waals surface area contributed by atoms with E-state index in [4.69, 9.17) is 22.9 Å². The van der Waals surface area contributed by atoms with Gasteiger partial charge in [0.15, 0.2) is 0 Å². The van der Waals surface area contributed by atoms with Crippen LogP contribution in [-0.2, 0) is 73.5 Å². The third kappa shape index (κ3) is 26.1. The van der Waals surface area contributed by atoms with Crippen molar-refractivity contribution in [3.05, 3.63) is 36.0 Å². The Bertz CT molecular complexity index is 2850. The first kappa shape index (κ1) is 77.3. The average Bonchev–Trinajstić information content (AvgIpc) is 2.32. The molecule has 2 rings (SSSR count). The maximum Gasteiger partial charge on any atom is 0.326 e. The van der Waals surface area contributed by atoms with Gasteiger partial charge in [-0.1, -0.05) is 80.0 Å². The minimum atomic E-state index is -2.00. The number of carboxylic acid groups (broad SMARTS) is 2. The van der Waals surface area contributed by atoms with Crippen LogP contribution < -0.4 is 76.1 Å². The number of para-hydroxylation sites is 1. The van der Waals surface area contributed by atoms with E-state index in [1.807, 2.05) is 18.2 Å². The quantitative estimate of drug-likeness (QED) is 0.0283. The van der Waals surface area contributed by atoms with Crippen LogP contribution in [0.3, 0.4) is 0 Å². The van der Waals surface area contributed by atoms with Crippen LogP contribution in [0.15, 0.2) is 30.5 Å². The Morgan fingerprint density at radius 2 is 0.944 bits per heavy atom. The third-order valence-electron chi connectivity index (χ3n) is 14.4. The van der Waals surface area contributed by atoms with Gasteiger partial charge in [0.1, 0.15) is 60.4 Å². The lowest BCUT2D eigenvalue weighted by molar-refractivity contribution is -0.143. The molecule has 1 aromatic heterocycles. The van der Waals surface area contributed by atoms with Gasteiger partial charge >= 0.3 is 11.9 Å². The fraction of sp³-hybridized carbons (Fsp3) is 0.621. The van der Waals surface area contributed by atoms with Crippen molar-refractivity contribution in [3.8, 4) is 0 Å². The van der Waals surface area contributed by atoms with E-state index in [0.29, 0.717) is 12.0 Å². The summed E-state index contributed by atoms with van der Waals surface area (Å²) in [7, 11) is 0. The van der Waals surface area contributed by atoms with Gasteiger partial charge in [0.05, 0.1) is 31.9 Å². The molecule has 1 aromatic carbocycles. The predicted octanol–water partition coefficient (Wildman–Crippen LogP) is -3.87. The zero-order valence-corrected chi connectivity index (χ0v) is 52.4. The smallest absolute Gasteiger partial charge is 0.326 e. The molecule has 0 spiro atoms. The number of aromatic amines is 1. The van der Waals surface area contributed by atoms with Crippen molar-refractivity contribution in [2.75, 3.05) is 13.2 Å². The standard InChI is InChI=1S/C58H93N15O17/c1-10-30(8)47(57(88)70-41(24-45(77)78)55(86)69-40(23-44(62)76)53(84)67-37(19-27(2)3)51(82)64-31(9)48(79)72-46(29(6)7)58(89)90)73-50(81)36(17-13-14-18-59)65-52(83)38(20-28(4)5)68-56(87)42(26-74)71-54(85)39(22-43(61)75)66-49(80)34(60)21-32-25-63-35-16-12-11-15-33(32)35/h11-12,15-16,25,27-31,34,36-42,46-47,63,74H,10,13-14,17-24,26,59-60H2,1-9H3,(H2,61,75)(H2,62,76)(H,64,82)(H,65,83)(H,66,80)(H,67,84)(H,68,87)(H,69,86)(H,70,88)(H,71,85)(H,72,79)(H,73,81)(H,77,78)(H,89,90)/t30-,31-,34-,36-,37-,38-,39-,40-,41-,42-,46-,47-/m0/s1. The number of unbranched alkanes of at least 4 members (excludes halogenated alkanes) is 1. The van der Waals surface area contributed by atoms with E-state index in [0.717, 1.165) is 10.9 Å². The summed E-state index contributed by atoms with van der Waals surface area (Å²) in [6.45, 7) is 13.5. The number of aliphatic hydroxyl groups excluding tert-OH is 1. The Morgan fingerprint density at radius 3 is 1.42 bits per heavy atom. The number of nitrogens with two attached hydrogens (primary N) is 4. The molecule has 90 heavy (non-hydrogen) atoms. The summed E-state index contributed by atoms with van der Waals surface area (Å²) in [5.74, 6) is -17.3. The predicted molar refractivity (Wildman–Crippen MR) is 326 cm³/mol. The van der Waals surface area contributed by atoms with E-state index in [1.165, 1.54) is 13.8 Å². The number of hydrogen-bond acceptors (Lipinski definition) is 17. The first-order chi connectivity index (χ1) is 42.1. The molecule has 0 saturated heterocycles. The van der Waals surface area contributed by atoms with E-state index < -0.39 is 187 Å². The first-order valence-corrected chi connectivity index (χ1v) is 29.8. The van der Waals surface area contributed by atoms with Crippen LogP contribution in [0.5, 0.6) is 0 Å². The average molecular weight is 1270 g/mol. The summed E-state index contributed by atoms with van der Waals surface area (Å²) in [6, 6.07) is -9.80. The number of rotatable bonds is 41. The summed E-state index contributed by atoms with van der Waals surface area (Å²) in [4.78, 5) is 189. The minimum Gasteiger partial charge on any atom is -0.481 e. The second-order valence-electron chi connectivity index (χ2n) is 23.4. The molecular formula is C58H93N15O17. The van der Waals surface area contributed by atoms with Crippen molar-refractivity contribution in [1.82, 2.24) is 58.2 Å². The number of nitrogens with one attached hydrogen (secondary N) is 11. The van der Waals surface area contributed by atoms with Gasteiger partial charge in [-0.2, -0.15) is 0 Å². The van der Waals surface area contributed by atoms with Crippen LogP contribution in [0.4, 0.5) is 0 Å². The molecule has 1 heterocycles. The highest BCUT2D eigenvalue weighted by Gasteiger charge is 2.38. The molecule has 0 aliphatic carbocycles. The molecular weight excluding hydrogens is 1180 g/mol. The van der Waals surface area contributed by atoms with E-state index in [-0.39, 0.29) is 56.9 Å². The lowest BCUT2D eigenvalue weighted by Gasteiger charge is -2.30. The molecule has 0 aliphatic rings. The number of primary amides is 2. The highest BCUT2D eigenvalue weighted by molar-refractivity contribution is 6.01. The Kier molecular flexibility index (Phi) is 32.6. The molecule has 0 bridgehead atoms. The van der Waals surface area contributed by atoms with Crippen LogP contribution in [-0.4, -0.2) is 183 Å². The highest BCUT2D eigenvalue weighted by atomic mass is 16.4. The van der Waals surface area contributed by atoms with Gasteiger partial charge in [-0.15, -0.1) is 0 Å². The van der Waals surface area contributed by atoms with Crippen molar-refractivity contribution in [3.63, 3.8) is 0 Å². The van der Waals surface area contributed by atoms with Crippen molar-refractivity contribution in [2.24, 2.45) is 46.6 Å². The minimum absolute atomic E-state index is 0.0212. The Hall–Kier alpha value is -8.78. The Morgan fingerprint density at radius 1 is 0.511 bits per heavy atom. The van der Waals surface area contributed by atoms with Crippen molar-refractivity contribution < 1.29 is 82.4 Å². The molecule has 2 aromatic rings. The van der Waals surface area contributed by atoms with Gasteiger partial charge in [0.25, 0.3) is 0 Å². The van der Waals surface area contributed by atoms with Crippen molar-refractivity contribution in [2.45, 2.75) is 193 Å². The van der Waals surface area contributed by atoms with Crippen LogP contribution in [0.1, 0.15) is 126 Å². The lowest BCUT2D eigenvalue weighted by Crippen LogP contribution is -2.62. The van der Waals surface area contributed by atoms with Gasteiger partial charge in [-0.3, -0.25) is 62.3 Å². The highest BCUT2D eigenvalue weighted by Crippen LogP contribution is 2.19. The van der Waals surface area contributed by atoms with Crippen molar-refractivity contribution >= 4 is 93.7 Å². The number of carboxylic acids is 2. The summed E-state index contributed by atoms with van der Waals surface area (Å²) in [5, 5.41) is 54.5. The third-order valence-corrected chi connectivity index (χ3v) is 14.4. The van der Waals surface area contributed by atoms with Crippen molar-refractivity contribution in [1.29, 1.82) is 0 Å². The number of H-pyrrole nitrogens is 1. The molecule has 0 radical (unpaired) electrons. The molecule has 32 nitrogen and oxygen atoms in total. The molecule has 502 valence electrons. The van der Waals surface area contributed by atoms with E-state index >= 15 is 0 Å². The zero-order chi connectivity index (χ0) is 68.3. The van der Waals surface area contributed by atoms with Gasteiger partial charge in [0, 0.05) is 17.1 Å². The number of amides is 12. The number of benzene rings is 1. The summed E-state index contributed by atoms with van der Waals surface area (Å²) in [6.07, 6.45) is -0.523. The van der Waals surface area contributed by atoms with Gasteiger partial charge in [0.2, 0.25) is 70.9 Å². The van der Waals surface area contributed by atoms with Gasteiger partial charge in [-0.25, -0.2) is 4.79 Å². The number of aliphatic carboxylic acids is 2. The Balaban J connectivity index is 2.37. The molecule has 22 N–H and O–H groups in total. The summed E-state index contributed by atoms with van der Waals surface area (Å²) in [5.41, 5.74) is 24.3. The number of carbonyl (C=O) groups is 14. The number of fused-ring (bicyclic) bond motifs is 1. The molecule has 32 heteroatoms. The maximum absolute atomic E-state index is 14.3. The molecule has 12 amide bonds. The second-order valence-corrected chi connectivity index (χ2v) is 23.4. The molecule has 0 unspecified atom stereocenters. The SMILES string of the molecule is CC[C@H](C)[C@H](NC(=O)[C@H](CCCCN)NC(=O)[C@H](CC(C)C)NC(=O)[C@H](CO)NC(=O)[C@H](CC(N)=O)NC(=O)[C@@H](N)Cc1c[nH]c2ccccc12)C(=O)N[C@@H](CC(=O)O)C(=O)N[C@@H](CC(N)=O)C(=O)N[C@@H](CC(C)C)C(=O)N[C@@H](C)C(=O)N[C@H](C(=O)O)C(C)C. The molecule has 0 aliphatic heterocycles. The number of aliphatic hydroxyl groups is 1. The fourth-order valence-corrected chi connectivity index (χ4v) is 9.23. The molecule has 0 saturated carbocycles. The fourth-order valence-electron chi connectivity index (χ4n) is 9.23. The summed E-state index contributed by atoms with van der Waals surface area (Å²) < 4.78 is 0. The topological polar surface area (TPSA) is 540 Å². The maximum atomic E-state index is 14.3. The lowest BCUT2D eigenvalue weighted by atomic mass is 9.96. The van der Waals surface area contributed by atoms with E-state index in [1.54, 1.807) is 60.7 Å². The second kappa shape index (κ2) is 37.9. The first-order valence-electron chi connectivity index (χ1n) is 29.8. The Labute approximate surface area is 521 Å². The number of aromatic nitrogens is 1. The zero-order valence-electron chi connectivity index (χ0n) is 52.4. The van der Waals surface area contributed by atoms with Crippen LogP contribution >= 0.6 is 0 Å². The van der Waals surface area contributed by atoms with Gasteiger partial charge < -0.3 is 96.4 Å².